The van der Waals surface area contributed by atoms with Crippen molar-refractivity contribution >= 4 is 23.5 Å². The van der Waals surface area contributed by atoms with E-state index in [9.17, 15) is 18.0 Å². The second-order valence-electron chi connectivity index (χ2n) is 4.13. The maximum atomic E-state index is 11.9. The molecule has 2 N–H and O–H groups in total. The quantitative estimate of drug-likeness (QED) is 0.748. The number of ether oxygens (including phenoxy) is 2. The molecule has 124 valence electrons. The van der Waals surface area contributed by atoms with Crippen LogP contribution >= 0.6 is 11.8 Å². The van der Waals surface area contributed by atoms with Gasteiger partial charge in [0, 0.05) is 36.2 Å². The highest BCUT2D eigenvalue weighted by Gasteiger charge is 2.27. The van der Waals surface area contributed by atoms with Crippen molar-refractivity contribution in [3.8, 4) is 11.5 Å². The third-order valence-electron chi connectivity index (χ3n) is 2.48. The van der Waals surface area contributed by atoms with Crippen LogP contribution in [0.3, 0.4) is 0 Å². The number of nitrogens with one attached hydrogen (secondary N) is 2. The summed E-state index contributed by atoms with van der Waals surface area (Å²) in [4.78, 5) is 11.6. The molecule has 0 aromatic heterocycles. The van der Waals surface area contributed by atoms with Crippen molar-refractivity contribution in [1.82, 2.24) is 5.32 Å². The Bertz CT molecular complexity index is 476. The first-order valence-corrected chi connectivity index (χ1v) is 7.31. The van der Waals surface area contributed by atoms with Gasteiger partial charge in [0.25, 0.3) is 0 Å². The van der Waals surface area contributed by atoms with Gasteiger partial charge in [0.1, 0.15) is 11.5 Å². The van der Waals surface area contributed by atoms with Gasteiger partial charge in [-0.25, -0.2) is 4.79 Å². The lowest BCUT2D eigenvalue weighted by Gasteiger charge is -2.11. The van der Waals surface area contributed by atoms with Crippen LogP contribution in [0.5, 0.6) is 11.5 Å². The molecule has 0 saturated carbocycles. The van der Waals surface area contributed by atoms with E-state index >= 15 is 0 Å². The van der Waals surface area contributed by atoms with Crippen molar-refractivity contribution < 1.29 is 27.4 Å². The van der Waals surface area contributed by atoms with Gasteiger partial charge in [0.15, 0.2) is 0 Å². The first-order valence-electron chi connectivity index (χ1n) is 6.32. The summed E-state index contributed by atoms with van der Waals surface area (Å²) in [7, 11) is 2.97. The predicted molar refractivity (Wildman–Crippen MR) is 79.7 cm³/mol. The molecule has 0 heterocycles. The Hall–Kier alpha value is -1.77. The van der Waals surface area contributed by atoms with E-state index in [1.54, 1.807) is 18.2 Å². The topological polar surface area (TPSA) is 59.6 Å². The molecule has 1 rings (SSSR count). The molecule has 9 heteroatoms. The molecule has 0 radical (unpaired) electrons. The monoisotopic (exact) mass is 338 g/mol. The molecule has 0 atom stereocenters. The standard InChI is InChI=1S/C13H17F3N2O3S/c1-20-10-6-9(7-11(8-10)21-2)18-12(19)17-4-3-5-22-13(14,15)16/h6-8H,3-5H2,1-2H3,(H2,17,18,19). The lowest BCUT2D eigenvalue weighted by Crippen LogP contribution is -2.29. The first-order chi connectivity index (χ1) is 10.3. The number of carbonyl (C=O) groups excluding carboxylic acids is 1. The lowest BCUT2D eigenvalue weighted by atomic mass is 10.3. The predicted octanol–water partition coefficient (Wildman–Crippen LogP) is 3.47. The van der Waals surface area contributed by atoms with Gasteiger partial charge in [-0.3, -0.25) is 0 Å². The Kier molecular flexibility index (Phi) is 7.16. The number of anilines is 1. The lowest BCUT2D eigenvalue weighted by molar-refractivity contribution is -0.0327. The van der Waals surface area contributed by atoms with Gasteiger partial charge in [0.2, 0.25) is 0 Å². The summed E-state index contributed by atoms with van der Waals surface area (Å²) in [6, 6.07) is 4.34. The molecule has 5 nitrogen and oxygen atoms in total. The molecule has 0 aliphatic rings. The number of carbonyl (C=O) groups is 1. The molecular formula is C13H17F3N2O3S. The zero-order valence-corrected chi connectivity index (χ0v) is 12.9. The van der Waals surface area contributed by atoms with Crippen LogP contribution in [0.2, 0.25) is 0 Å². The van der Waals surface area contributed by atoms with Crippen molar-refractivity contribution in [1.29, 1.82) is 0 Å². The highest BCUT2D eigenvalue weighted by atomic mass is 32.2. The molecule has 0 unspecified atom stereocenters. The van der Waals surface area contributed by atoms with Crippen molar-refractivity contribution in [2.75, 3.05) is 31.8 Å². The van der Waals surface area contributed by atoms with E-state index in [0.29, 0.717) is 17.2 Å². The summed E-state index contributed by atoms with van der Waals surface area (Å²) >= 11 is -0.106. The number of hydrogen-bond acceptors (Lipinski definition) is 4. The molecular weight excluding hydrogens is 321 g/mol. The summed E-state index contributed by atoms with van der Waals surface area (Å²) in [5, 5.41) is 5.04. The number of thioether (sulfide) groups is 1. The van der Waals surface area contributed by atoms with Crippen LogP contribution < -0.4 is 20.1 Å². The van der Waals surface area contributed by atoms with Crippen LogP contribution in [0.15, 0.2) is 18.2 Å². The van der Waals surface area contributed by atoms with Gasteiger partial charge in [-0.2, -0.15) is 13.2 Å². The van der Waals surface area contributed by atoms with E-state index in [1.165, 1.54) is 14.2 Å². The van der Waals surface area contributed by atoms with Gasteiger partial charge >= 0.3 is 11.5 Å². The molecule has 0 saturated heterocycles. The molecule has 0 bridgehead atoms. The maximum absolute atomic E-state index is 11.9. The van der Waals surface area contributed by atoms with Crippen LogP contribution in [-0.2, 0) is 0 Å². The number of methoxy groups -OCH3 is 2. The molecule has 0 aliphatic carbocycles. The fourth-order valence-electron chi connectivity index (χ4n) is 1.52. The van der Waals surface area contributed by atoms with E-state index in [1.807, 2.05) is 0 Å². The van der Waals surface area contributed by atoms with Crippen molar-refractivity contribution in [3.05, 3.63) is 18.2 Å². The fourth-order valence-corrected chi connectivity index (χ4v) is 2.04. The summed E-state index contributed by atoms with van der Waals surface area (Å²) in [5.41, 5.74) is -3.78. The minimum Gasteiger partial charge on any atom is -0.497 e. The molecule has 0 fully saturated rings. The molecule has 1 aromatic carbocycles. The van der Waals surface area contributed by atoms with Crippen molar-refractivity contribution in [2.45, 2.75) is 11.9 Å². The van der Waals surface area contributed by atoms with E-state index in [2.05, 4.69) is 10.6 Å². The number of benzene rings is 1. The third-order valence-corrected chi connectivity index (χ3v) is 3.30. The van der Waals surface area contributed by atoms with E-state index in [-0.39, 0.29) is 30.5 Å². The Labute approximate surface area is 130 Å². The Morgan fingerprint density at radius 3 is 2.27 bits per heavy atom. The van der Waals surface area contributed by atoms with Gasteiger partial charge < -0.3 is 20.1 Å². The van der Waals surface area contributed by atoms with Gasteiger partial charge in [0.05, 0.1) is 14.2 Å². The van der Waals surface area contributed by atoms with Crippen molar-refractivity contribution in [3.63, 3.8) is 0 Å². The zero-order chi connectivity index (χ0) is 16.6. The largest absolute Gasteiger partial charge is 0.497 e. The van der Waals surface area contributed by atoms with E-state index < -0.39 is 11.5 Å². The summed E-state index contributed by atoms with van der Waals surface area (Å²) in [6.07, 6.45) is 0.221. The van der Waals surface area contributed by atoms with Crippen LogP contribution in [0, 0.1) is 0 Å². The molecule has 0 aliphatic heterocycles. The first kappa shape index (κ1) is 18.3. The zero-order valence-electron chi connectivity index (χ0n) is 12.1. The molecule has 2 amide bonds. The van der Waals surface area contributed by atoms with Gasteiger partial charge in [-0.05, 0) is 6.42 Å². The Balaban J connectivity index is 2.39. The van der Waals surface area contributed by atoms with Crippen LogP contribution in [0.25, 0.3) is 0 Å². The molecule has 1 aromatic rings. The highest BCUT2D eigenvalue weighted by molar-refractivity contribution is 8.00. The summed E-state index contributed by atoms with van der Waals surface area (Å²) in [5.74, 6) is 0.920. The van der Waals surface area contributed by atoms with Gasteiger partial charge in [-0.15, -0.1) is 0 Å². The summed E-state index contributed by atoms with van der Waals surface area (Å²) in [6.45, 7) is 0.149. The number of urea groups is 1. The van der Waals surface area contributed by atoms with E-state index in [4.69, 9.17) is 9.47 Å². The Morgan fingerprint density at radius 1 is 1.18 bits per heavy atom. The Morgan fingerprint density at radius 2 is 1.77 bits per heavy atom. The normalized spacial score (nSPS) is 11.0. The summed E-state index contributed by atoms with van der Waals surface area (Å²) < 4.78 is 45.9. The second-order valence-corrected chi connectivity index (χ2v) is 5.29. The molecule has 22 heavy (non-hydrogen) atoms. The number of rotatable bonds is 7. The average Bonchev–Trinajstić information content (AvgIpc) is 2.45. The van der Waals surface area contributed by atoms with Crippen LogP contribution in [0.4, 0.5) is 23.7 Å². The fraction of sp³-hybridized carbons (Fsp3) is 0.462. The maximum Gasteiger partial charge on any atom is 0.441 e. The number of hydrogen-bond donors (Lipinski definition) is 2. The van der Waals surface area contributed by atoms with E-state index in [0.717, 1.165) is 0 Å². The average molecular weight is 338 g/mol. The minimum atomic E-state index is -4.24. The highest BCUT2D eigenvalue weighted by Crippen LogP contribution is 2.30. The number of halogens is 3. The van der Waals surface area contributed by atoms with Crippen LogP contribution in [-0.4, -0.2) is 38.1 Å². The number of amides is 2. The van der Waals surface area contributed by atoms with Gasteiger partial charge in [-0.1, -0.05) is 11.8 Å². The van der Waals surface area contributed by atoms with Crippen molar-refractivity contribution in [2.24, 2.45) is 0 Å². The smallest absolute Gasteiger partial charge is 0.441 e. The third kappa shape index (κ3) is 7.30. The SMILES string of the molecule is COc1cc(NC(=O)NCCCSC(F)(F)F)cc(OC)c1. The molecule has 0 spiro atoms. The van der Waals surface area contributed by atoms with Crippen LogP contribution in [0.1, 0.15) is 6.42 Å². The minimum absolute atomic E-state index is 0.100. The number of alkyl halides is 3. The second kappa shape index (κ2) is 8.62.